The van der Waals surface area contributed by atoms with Gasteiger partial charge >= 0.3 is 0 Å². The summed E-state index contributed by atoms with van der Waals surface area (Å²) in [6.45, 7) is 16.2. The lowest BCUT2D eigenvalue weighted by atomic mass is 9.78. The minimum Gasteiger partial charge on any atom is -0.351 e. The van der Waals surface area contributed by atoms with Crippen LogP contribution >= 0.6 is 0 Å². The third-order valence-electron chi connectivity index (χ3n) is 9.39. The van der Waals surface area contributed by atoms with Crippen molar-refractivity contribution in [2.24, 2.45) is 17.8 Å². The summed E-state index contributed by atoms with van der Waals surface area (Å²) in [6.07, 6.45) is 34.1. The second-order valence-electron chi connectivity index (χ2n) is 14.2. The van der Waals surface area contributed by atoms with Crippen LogP contribution in [0.1, 0.15) is 215 Å². The summed E-state index contributed by atoms with van der Waals surface area (Å²) in [5, 5.41) is 3.58. The van der Waals surface area contributed by atoms with Crippen LogP contribution in [0.2, 0.25) is 0 Å². The highest BCUT2D eigenvalue weighted by Crippen LogP contribution is 2.32. The molecule has 0 bridgehead atoms. The molecule has 0 radical (unpaired) electrons. The van der Waals surface area contributed by atoms with Crippen LogP contribution in [0.5, 0.6) is 0 Å². The lowest BCUT2D eigenvalue weighted by Crippen LogP contribution is -2.47. The molecule has 0 heterocycles. The Bertz CT molecular complexity index is 526. The zero-order valence-corrected chi connectivity index (χ0v) is 29.0. The van der Waals surface area contributed by atoms with E-state index in [0.717, 1.165) is 25.2 Å². The molecule has 0 fully saturated rings. The Morgan fingerprint density at radius 2 is 0.850 bits per heavy atom. The molecule has 2 unspecified atom stereocenters. The van der Waals surface area contributed by atoms with Crippen LogP contribution < -0.4 is 5.32 Å². The number of carbonyl (C=O) groups excluding carboxylic acids is 1. The monoisotopic (exact) mass is 564 g/mol. The number of amides is 1. The number of hydrogen-bond donors (Lipinski definition) is 1. The fourth-order valence-electron chi connectivity index (χ4n) is 6.76. The van der Waals surface area contributed by atoms with Crippen LogP contribution in [-0.4, -0.2) is 11.4 Å². The van der Waals surface area contributed by atoms with Crippen LogP contribution in [0.4, 0.5) is 0 Å². The van der Waals surface area contributed by atoms with Crippen molar-refractivity contribution in [2.45, 2.75) is 221 Å². The Kier molecular flexibility index (Phi) is 27.0. The first kappa shape index (κ1) is 39.5. The largest absolute Gasteiger partial charge is 0.351 e. The minimum absolute atomic E-state index is 0.124. The molecule has 0 saturated carbocycles. The van der Waals surface area contributed by atoms with E-state index in [9.17, 15) is 4.79 Å². The number of rotatable bonds is 30. The summed E-state index contributed by atoms with van der Waals surface area (Å²) in [6, 6.07) is 0. The molecule has 2 atom stereocenters. The minimum atomic E-state index is -0.124. The van der Waals surface area contributed by atoms with Gasteiger partial charge < -0.3 is 5.32 Å². The van der Waals surface area contributed by atoms with Crippen molar-refractivity contribution >= 4 is 5.91 Å². The van der Waals surface area contributed by atoms with E-state index in [1.165, 1.54) is 148 Å². The Hall–Kier alpha value is -0.530. The molecule has 0 saturated heterocycles. The Morgan fingerprint density at radius 3 is 1.25 bits per heavy atom. The Labute approximate surface area is 254 Å². The Balaban J connectivity index is 4.98. The number of nitrogens with one attached hydrogen (secondary N) is 1. The summed E-state index contributed by atoms with van der Waals surface area (Å²) in [5.74, 6) is 2.01. The molecule has 0 aliphatic carbocycles. The van der Waals surface area contributed by atoms with Crippen LogP contribution in [0.25, 0.3) is 0 Å². The van der Waals surface area contributed by atoms with Crippen LogP contribution in [0, 0.1) is 17.8 Å². The molecule has 0 aromatic rings. The van der Waals surface area contributed by atoms with Crippen molar-refractivity contribution in [1.29, 1.82) is 0 Å². The third kappa shape index (κ3) is 23.1. The van der Waals surface area contributed by atoms with Gasteiger partial charge in [-0.2, -0.15) is 0 Å². The molecule has 0 rings (SSSR count). The fraction of sp³-hybridized carbons (Fsp3) is 0.974. The summed E-state index contributed by atoms with van der Waals surface area (Å²) in [4.78, 5) is 13.6. The van der Waals surface area contributed by atoms with E-state index in [-0.39, 0.29) is 11.5 Å². The topological polar surface area (TPSA) is 29.1 Å². The van der Waals surface area contributed by atoms with E-state index in [1.54, 1.807) is 0 Å². The first-order valence-corrected chi connectivity index (χ1v) is 18.6. The van der Waals surface area contributed by atoms with Gasteiger partial charge in [-0.1, -0.05) is 182 Å². The molecule has 0 spiro atoms. The molecular weight excluding hydrogens is 486 g/mol. The van der Waals surface area contributed by atoms with Crippen molar-refractivity contribution in [3.63, 3.8) is 0 Å². The van der Waals surface area contributed by atoms with Gasteiger partial charge in [-0.05, 0) is 44.9 Å². The quantitative estimate of drug-likeness (QED) is 0.0865. The highest BCUT2D eigenvalue weighted by molar-refractivity contribution is 5.79. The van der Waals surface area contributed by atoms with Crippen LogP contribution in [-0.2, 0) is 4.79 Å². The van der Waals surface area contributed by atoms with Gasteiger partial charge in [-0.25, -0.2) is 0 Å². The van der Waals surface area contributed by atoms with E-state index in [2.05, 4.69) is 53.8 Å². The zero-order chi connectivity index (χ0) is 29.9. The molecule has 2 nitrogen and oxygen atoms in total. The smallest absolute Gasteiger partial charge is 0.223 e. The highest BCUT2D eigenvalue weighted by atomic mass is 16.2. The van der Waals surface area contributed by atoms with Crippen LogP contribution in [0.15, 0.2) is 0 Å². The van der Waals surface area contributed by atoms with Gasteiger partial charge in [0.15, 0.2) is 0 Å². The summed E-state index contributed by atoms with van der Waals surface area (Å²) < 4.78 is 0. The van der Waals surface area contributed by atoms with Gasteiger partial charge in [0.1, 0.15) is 0 Å². The highest BCUT2D eigenvalue weighted by Gasteiger charge is 2.29. The molecule has 40 heavy (non-hydrogen) atoms. The lowest BCUT2D eigenvalue weighted by Gasteiger charge is -2.35. The van der Waals surface area contributed by atoms with E-state index in [1.807, 2.05) is 0 Å². The van der Waals surface area contributed by atoms with E-state index < -0.39 is 0 Å². The van der Waals surface area contributed by atoms with Crippen molar-refractivity contribution in [3.05, 3.63) is 0 Å². The second kappa shape index (κ2) is 27.3. The average Bonchev–Trinajstić information content (AvgIpc) is 2.91. The summed E-state index contributed by atoms with van der Waals surface area (Å²) in [7, 11) is 0. The van der Waals surface area contributed by atoms with Crippen molar-refractivity contribution in [3.8, 4) is 0 Å². The van der Waals surface area contributed by atoms with Gasteiger partial charge in [0, 0.05) is 11.5 Å². The summed E-state index contributed by atoms with van der Waals surface area (Å²) in [5.41, 5.74) is -0.124. The maximum Gasteiger partial charge on any atom is 0.223 e. The van der Waals surface area contributed by atoms with E-state index >= 15 is 0 Å². The zero-order valence-electron chi connectivity index (χ0n) is 29.0. The summed E-state index contributed by atoms with van der Waals surface area (Å²) >= 11 is 0. The normalized spacial score (nSPS) is 13.6. The fourth-order valence-corrected chi connectivity index (χ4v) is 6.76. The molecule has 0 aliphatic heterocycles. The molecule has 0 aromatic heterocycles. The molecular formula is C38H77NO. The molecule has 2 heteroatoms. The van der Waals surface area contributed by atoms with E-state index in [4.69, 9.17) is 0 Å². The van der Waals surface area contributed by atoms with Gasteiger partial charge in [-0.3, -0.25) is 4.79 Å². The first-order chi connectivity index (χ1) is 19.3. The molecule has 240 valence electrons. The standard InChI is InChI=1S/C38H77NO/c1-8-12-16-20-23-26-29-35(30-27-24-21-17-13-9-2)34(5)33-38(6,7)39-37(40)36(31-25-19-15-11-4)32-28-22-18-14-10-3/h34-36H,8-33H2,1-7H3,(H,39,40). The SMILES string of the molecule is CCCCCCCCC(CCCCCCCC)C(C)CC(C)(C)NC(=O)C(CCCCCC)CCCCCCC. The van der Waals surface area contributed by atoms with Crippen molar-refractivity contribution in [2.75, 3.05) is 0 Å². The Morgan fingerprint density at radius 1 is 0.525 bits per heavy atom. The van der Waals surface area contributed by atoms with Crippen molar-refractivity contribution in [1.82, 2.24) is 5.32 Å². The average molecular weight is 564 g/mol. The first-order valence-electron chi connectivity index (χ1n) is 18.6. The third-order valence-corrected chi connectivity index (χ3v) is 9.39. The number of hydrogen-bond acceptors (Lipinski definition) is 1. The molecule has 0 aromatic carbocycles. The van der Waals surface area contributed by atoms with Gasteiger partial charge in [0.25, 0.3) is 0 Å². The van der Waals surface area contributed by atoms with Crippen LogP contribution in [0.3, 0.4) is 0 Å². The maximum absolute atomic E-state index is 13.6. The lowest BCUT2D eigenvalue weighted by molar-refractivity contribution is -0.127. The van der Waals surface area contributed by atoms with Gasteiger partial charge in [0.05, 0.1) is 0 Å². The maximum atomic E-state index is 13.6. The molecule has 1 N–H and O–H groups in total. The predicted molar refractivity (Wildman–Crippen MR) is 181 cm³/mol. The second-order valence-corrected chi connectivity index (χ2v) is 14.2. The number of carbonyl (C=O) groups is 1. The van der Waals surface area contributed by atoms with E-state index in [0.29, 0.717) is 11.8 Å². The van der Waals surface area contributed by atoms with Gasteiger partial charge in [0.2, 0.25) is 5.91 Å². The number of unbranched alkanes of at least 4 members (excludes halogenated alkanes) is 17. The van der Waals surface area contributed by atoms with Crippen molar-refractivity contribution < 1.29 is 4.79 Å². The predicted octanol–water partition coefficient (Wildman–Crippen LogP) is 13.0. The van der Waals surface area contributed by atoms with Gasteiger partial charge in [-0.15, -0.1) is 0 Å². The molecule has 1 amide bonds. The molecule has 0 aliphatic rings.